The Hall–Kier alpha value is -2.15. The lowest BCUT2D eigenvalue weighted by molar-refractivity contribution is 0.0950. The fraction of sp³-hybridized carbons (Fsp3) is 0.417. The molecule has 0 saturated carbocycles. The van der Waals surface area contributed by atoms with E-state index < -0.39 is 0 Å². The SMILES string of the molecule is Cc1c(C(=O)NCc2cn[nH]c2)cnn1CCCN. The number of rotatable bonds is 6. The Kier molecular flexibility index (Phi) is 4.30. The van der Waals surface area contributed by atoms with Crippen LogP contribution in [0, 0.1) is 6.92 Å². The van der Waals surface area contributed by atoms with E-state index in [0.717, 1.165) is 24.2 Å². The highest BCUT2D eigenvalue weighted by molar-refractivity contribution is 5.94. The van der Waals surface area contributed by atoms with E-state index in [1.807, 2.05) is 6.92 Å². The minimum absolute atomic E-state index is 0.127. The van der Waals surface area contributed by atoms with Gasteiger partial charge in [-0.15, -0.1) is 0 Å². The van der Waals surface area contributed by atoms with Crippen molar-refractivity contribution in [3.63, 3.8) is 0 Å². The highest BCUT2D eigenvalue weighted by atomic mass is 16.1. The van der Waals surface area contributed by atoms with Gasteiger partial charge in [-0.1, -0.05) is 0 Å². The predicted molar refractivity (Wildman–Crippen MR) is 70.4 cm³/mol. The lowest BCUT2D eigenvalue weighted by Gasteiger charge is -2.05. The number of nitrogens with zero attached hydrogens (tertiary/aromatic N) is 3. The molecule has 0 aromatic carbocycles. The molecule has 2 rings (SSSR count). The van der Waals surface area contributed by atoms with Crippen molar-refractivity contribution < 1.29 is 4.79 Å². The third-order valence-electron chi connectivity index (χ3n) is 2.93. The minimum Gasteiger partial charge on any atom is -0.348 e. The molecule has 0 aliphatic heterocycles. The largest absolute Gasteiger partial charge is 0.348 e. The molecule has 0 radical (unpaired) electrons. The minimum atomic E-state index is -0.127. The van der Waals surface area contributed by atoms with Gasteiger partial charge in [-0.3, -0.25) is 14.6 Å². The van der Waals surface area contributed by atoms with Gasteiger partial charge >= 0.3 is 0 Å². The molecular weight excluding hydrogens is 244 g/mol. The van der Waals surface area contributed by atoms with Crippen molar-refractivity contribution in [2.45, 2.75) is 26.4 Å². The molecule has 7 nitrogen and oxygen atoms in total. The maximum Gasteiger partial charge on any atom is 0.255 e. The van der Waals surface area contributed by atoms with Gasteiger partial charge in [0.05, 0.1) is 18.0 Å². The van der Waals surface area contributed by atoms with Gasteiger partial charge in [-0.2, -0.15) is 10.2 Å². The van der Waals surface area contributed by atoms with Crippen LogP contribution in [-0.2, 0) is 13.1 Å². The van der Waals surface area contributed by atoms with Crippen molar-refractivity contribution in [1.82, 2.24) is 25.3 Å². The second-order valence-electron chi connectivity index (χ2n) is 4.30. The Morgan fingerprint density at radius 3 is 3.05 bits per heavy atom. The van der Waals surface area contributed by atoms with Gasteiger partial charge in [0, 0.05) is 30.5 Å². The van der Waals surface area contributed by atoms with E-state index in [2.05, 4.69) is 20.6 Å². The molecule has 102 valence electrons. The maximum atomic E-state index is 12.0. The molecule has 0 aliphatic carbocycles. The number of hydrogen-bond donors (Lipinski definition) is 3. The molecule has 1 amide bonds. The van der Waals surface area contributed by atoms with Crippen LogP contribution in [0.1, 0.15) is 28.0 Å². The average molecular weight is 262 g/mol. The van der Waals surface area contributed by atoms with Crippen LogP contribution in [-0.4, -0.2) is 32.4 Å². The van der Waals surface area contributed by atoms with E-state index in [1.54, 1.807) is 23.3 Å². The first-order chi connectivity index (χ1) is 9.22. The van der Waals surface area contributed by atoms with Crippen LogP contribution < -0.4 is 11.1 Å². The summed E-state index contributed by atoms with van der Waals surface area (Å²) in [6.07, 6.45) is 5.87. The van der Waals surface area contributed by atoms with Gasteiger partial charge in [-0.05, 0) is 19.9 Å². The summed E-state index contributed by atoms with van der Waals surface area (Å²) in [5, 5.41) is 13.6. The highest BCUT2D eigenvalue weighted by Crippen LogP contribution is 2.08. The van der Waals surface area contributed by atoms with E-state index in [0.29, 0.717) is 18.7 Å². The molecule has 0 bridgehead atoms. The summed E-state index contributed by atoms with van der Waals surface area (Å²) < 4.78 is 1.81. The van der Waals surface area contributed by atoms with Gasteiger partial charge < -0.3 is 11.1 Å². The molecule has 0 spiro atoms. The monoisotopic (exact) mass is 262 g/mol. The quantitative estimate of drug-likeness (QED) is 0.691. The first kappa shape index (κ1) is 13.3. The molecule has 2 heterocycles. The van der Waals surface area contributed by atoms with Crippen LogP contribution in [0.2, 0.25) is 0 Å². The number of nitrogens with two attached hydrogens (primary N) is 1. The number of carbonyl (C=O) groups excluding carboxylic acids is 1. The van der Waals surface area contributed by atoms with Crippen molar-refractivity contribution in [2.75, 3.05) is 6.54 Å². The summed E-state index contributed by atoms with van der Waals surface area (Å²) in [7, 11) is 0. The van der Waals surface area contributed by atoms with Gasteiger partial charge in [0.25, 0.3) is 5.91 Å². The molecule has 7 heteroatoms. The Labute approximate surface area is 111 Å². The van der Waals surface area contributed by atoms with Crippen molar-refractivity contribution in [3.05, 3.63) is 35.4 Å². The summed E-state index contributed by atoms with van der Waals surface area (Å²) in [4.78, 5) is 12.0. The number of aromatic amines is 1. The van der Waals surface area contributed by atoms with Gasteiger partial charge in [-0.25, -0.2) is 0 Å². The molecular formula is C12H18N6O. The predicted octanol–water partition coefficient (Wildman–Crippen LogP) is 0.193. The normalized spacial score (nSPS) is 10.6. The average Bonchev–Trinajstić information content (AvgIpc) is 3.03. The second-order valence-corrected chi connectivity index (χ2v) is 4.30. The van der Waals surface area contributed by atoms with Gasteiger partial charge in [0.1, 0.15) is 0 Å². The Bertz CT molecular complexity index is 530. The molecule has 0 atom stereocenters. The third kappa shape index (κ3) is 3.19. The topological polar surface area (TPSA) is 102 Å². The van der Waals surface area contributed by atoms with Crippen LogP contribution in [0.4, 0.5) is 0 Å². The summed E-state index contributed by atoms with van der Waals surface area (Å²) in [5.74, 6) is -0.127. The highest BCUT2D eigenvalue weighted by Gasteiger charge is 2.13. The molecule has 19 heavy (non-hydrogen) atoms. The van der Waals surface area contributed by atoms with Crippen LogP contribution in [0.25, 0.3) is 0 Å². The number of amides is 1. The third-order valence-corrected chi connectivity index (χ3v) is 2.93. The maximum absolute atomic E-state index is 12.0. The second kappa shape index (κ2) is 6.14. The molecule has 0 unspecified atom stereocenters. The van der Waals surface area contributed by atoms with Gasteiger partial charge in [0.15, 0.2) is 0 Å². The lowest BCUT2D eigenvalue weighted by atomic mass is 10.2. The smallest absolute Gasteiger partial charge is 0.255 e. The Morgan fingerprint density at radius 2 is 2.37 bits per heavy atom. The van der Waals surface area contributed by atoms with Crippen LogP contribution in [0.3, 0.4) is 0 Å². The number of aromatic nitrogens is 4. The Balaban J connectivity index is 1.97. The Morgan fingerprint density at radius 1 is 1.53 bits per heavy atom. The van der Waals surface area contributed by atoms with Gasteiger partial charge in [0.2, 0.25) is 0 Å². The van der Waals surface area contributed by atoms with Crippen molar-refractivity contribution >= 4 is 5.91 Å². The van der Waals surface area contributed by atoms with Crippen LogP contribution >= 0.6 is 0 Å². The summed E-state index contributed by atoms with van der Waals surface area (Å²) in [5.41, 5.74) is 7.85. The van der Waals surface area contributed by atoms with E-state index >= 15 is 0 Å². The summed E-state index contributed by atoms with van der Waals surface area (Å²) >= 11 is 0. The van der Waals surface area contributed by atoms with E-state index in [-0.39, 0.29) is 5.91 Å². The van der Waals surface area contributed by atoms with E-state index in [1.165, 1.54) is 0 Å². The number of hydrogen-bond acceptors (Lipinski definition) is 4. The van der Waals surface area contributed by atoms with Crippen molar-refractivity contribution in [2.24, 2.45) is 5.73 Å². The van der Waals surface area contributed by atoms with E-state index in [4.69, 9.17) is 5.73 Å². The lowest BCUT2D eigenvalue weighted by Crippen LogP contribution is -2.23. The summed E-state index contributed by atoms with van der Waals surface area (Å²) in [6, 6.07) is 0. The fourth-order valence-corrected chi connectivity index (χ4v) is 1.79. The molecule has 0 saturated heterocycles. The molecule has 2 aromatic heterocycles. The zero-order valence-electron chi connectivity index (χ0n) is 10.9. The van der Waals surface area contributed by atoms with E-state index in [9.17, 15) is 4.79 Å². The first-order valence-corrected chi connectivity index (χ1v) is 6.20. The number of H-pyrrole nitrogens is 1. The molecule has 0 aliphatic rings. The van der Waals surface area contributed by atoms with Crippen LogP contribution in [0.5, 0.6) is 0 Å². The number of nitrogens with one attached hydrogen (secondary N) is 2. The molecule has 0 fully saturated rings. The van der Waals surface area contributed by atoms with Crippen molar-refractivity contribution in [3.8, 4) is 0 Å². The van der Waals surface area contributed by atoms with Crippen molar-refractivity contribution in [1.29, 1.82) is 0 Å². The zero-order chi connectivity index (χ0) is 13.7. The number of carbonyl (C=O) groups is 1. The standard InChI is InChI=1S/C12H18N6O/c1-9-11(8-17-18(9)4-2-3-13)12(19)14-5-10-6-15-16-7-10/h6-8H,2-5,13H2,1H3,(H,14,19)(H,15,16). The molecule has 2 aromatic rings. The van der Waals surface area contributed by atoms with Crippen LogP contribution in [0.15, 0.2) is 18.6 Å². The molecule has 4 N–H and O–H groups in total. The fourth-order valence-electron chi connectivity index (χ4n) is 1.79. The zero-order valence-corrected chi connectivity index (χ0v) is 10.9. The number of aryl methyl sites for hydroxylation is 1. The first-order valence-electron chi connectivity index (χ1n) is 6.20. The summed E-state index contributed by atoms with van der Waals surface area (Å²) in [6.45, 7) is 3.68.